The predicted molar refractivity (Wildman–Crippen MR) is 116 cm³/mol. The minimum Gasteiger partial charge on any atom is 0 e. The summed E-state index contributed by atoms with van der Waals surface area (Å²) in [5.74, 6) is 3.05. The molecule has 1 aliphatic carbocycles. The van der Waals surface area contributed by atoms with Gasteiger partial charge >= 0.3 is 71.6 Å². The van der Waals surface area contributed by atoms with Gasteiger partial charge in [-0.2, -0.15) is 0 Å². The number of hydrogen-bond donors (Lipinski definition) is 0. The third-order valence-corrected chi connectivity index (χ3v) is 6.59. The minimum absolute atomic E-state index is 0. The number of rotatable bonds is 2. The van der Waals surface area contributed by atoms with Crippen molar-refractivity contribution >= 4 is 20.6 Å². The van der Waals surface area contributed by atoms with E-state index >= 15 is 0 Å². The van der Waals surface area contributed by atoms with Gasteiger partial charge in [0.25, 0.3) is 0 Å². The van der Waals surface area contributed by atoms with E-state index in [-0.39, 0.29) is 42.7 Å². The maximum absolute atomic E-state index is 11.2. The molecule has 0 aromatic heterocycles. The second-order valence-corrected chi connectivity index (χ2v) is 9.32. The van der Waals surface area contributed by atoms with Gasteiger partial charge in [-0.3, -0.25) is 0 Å². The average molecular weight is 488 g/mol. The largest absolute Gasteiger partial charge is 0 e. The van der Waals surface area contributed by atoms with Crippen molar-refractivity contribution in [3.8, 4) is 0 Å². The van der Waals surface area contributed by atoms with Crippen molar-refractivity contribution in [3.63, 3.8) is 0 Å². The fourth-order valence-corrected chi connectivity index (χ4v) is 4.83. The van der Waals surface area contributed by atoms with Crippen LogP contribution in [0.1, 0.15) is 50.7 Å². The third kappa shape index (κ3) is 5.53. The summed E-state index contributed by atoms with van der Waals surface area (Å²) < 4.78 is 0.637. The first-order valence-corrected chi connectivity index (χ1v) is 11.3. The molecule has 0 saturated carbocycles. The average Bonchev–Trinajstić information content (AvgIpc) is 3.16. The van der Waals surface area contributed by atoms with Crippen LogP contribution in [-0.4, -0.2) is 10.6 Å². The van der Waals surface area contributed by atoms with Gasteiger partial charge in [-0.25, -0.2) is 0 Å². The fourth-order valence-electron chi connectivity index (χ4n) is 3.21. The molecule has 1 aliphatic heterocycles. The normalized spacial score (nSPS) is 13.4. The quantitative estimate of drug-likeness (QED) is 0.521. The van der Waals surface area contributed by atoms with Crippen molar-refractivity contribution in [3.05, 3.63) is 98.0 Å². The van der Waals surface area contributed by atoms with Crippen LogP contribution in [0.4, 0.5) is 0 Å². The maximum atomic E-state index is 11.2. The van der Waals surface area contributed by atoms with E-state index in [1.54, 1.807) is 5.94 Å². The second kappa shape index (κ2) is 10.9. The molecule has 0 radical (unpaired) electrons. The first-order chi connectivity index (χ1) is 14.4. The number of carbonyl (C=O) groups is 1. The summed E-state index contributed by atoms with van der Waals surface area (Å²) in [5, 5.41) is 1.14. The Morgan fingerprint density at radius 2 is 1.19 bits per heavy atom. The molecule has 1 saturated heterocycles. The fraction of sp³-hybridized carbons (Fsp3) is 0.231. The molecule has 2 aliphatic rings. The van der Waals surface area contributed by atoms with Crippen LogP contribution in [0.5, 0.6) is 0 Å². The molecular weight excluding hydrogens is 464 g/mol. The zero-order valence-electron chi connectivity index (χ0n) is 18.0. The molecule has 0 spiro atoms. The summed E-state index contributed by atoms with van der Waals surface area (Å²) in [7, 11) is 0. The van der Waals surface area contributed by atoms with Gasteiger partial charge < -0.3 is 0 Å². The van der Waals surface area contributed by atoms with E-state index in [1.165, 1.54) is 11.1 Å². The van der Waals surface area contributed by atoms with E-state index in [1.807, 2.05) is 12.1 Å². The number of benzene rings is 2. The van der Waals surface area contributed by atoms with Gasteiger partial charge in [-0.15, -0.1) is 0 Å². The molecule has 0 amide bonds. The van der Waals surface area contributed by atoms with Crippen LogP contribution in [0, 0.1) is 0 Å². The Morgan fingerprint density at radius 3 is 1.52 bits per heavy atom. The van der Waals surface area contributed by atoms with Crippen molar-refractivity contribution < 1.29 is 42.2 Å². The summed E-state index contributed by atoms with van der Waals surface area (Å²) in [4.78, 5) is 32.5. The van der Waals surface area contributed by atoms with Crippen molar-refractivity contribution in [1.29, 1.82) is 0 Å². The molecule has 5 heteroatoms. The standard InChI is InChI=1S/2C9H12.C8O3.2Cr/c2*1-8(2)9-6-4-3-5-7-9;9-2-4-1-5-7(8(5)11)6(4)3-10;;/h2*3-8H,1-2H3;;;. The van der Waals surface area contributed by atoms with E-state index in [0.717, 1.165) is 0 Å². The number of fused-ring (bicyclic) bond motifs is 3. The summed E-state index contributed by atoms with van der Waals surface area (Å²) in [6.45, 7) is 8.81. The topological polar surface area (TPSA) is 51.2 Å². The van der Waals surface area contributed by atoms with Gasteiger partial charge in [0.05, 0.1) is 0 Å². The summed E-state index contributed by atoms with van der Waals surface area (Å²) >= 11 is -0.326. The van der Waals surface area contributed by atoms with Crippen LogP contribution < -0.4 is 15.9 Å². The molecule has 31 heavy (non-hydrogen) atoms. The van der Waals surface area contributed by atoms with Gasteiger partial charge in [-0.1, -0.05) is 88.4 Å². The maximum Gasteiger partial charge on any atom is 0 e. The van der Waals surface area contributed by atoms with Crippen molar-refractivity contribution in [2.45, 2.75) is 39.5 Å². The Bertz CT molecular complexity index is 1200. The van der Waals surface area contributed by atoms with Crippen LogP contribution >= 0.6 is 0 Å². The van der Waals surface area contributed by atoms with Crippen molar-refractivity contribution in [2.75, 3.05) is 0 Å². The Kier molecular flexibility index (Phi) is 8.79. The van der Waals surface area contributed by atoms with Gasteiger partial charge in [-0.05, 0) is 23.0 Å². The van der Waals surface area contributed by atoms with Crippen molar-refractivity contribution in [1.82, 2.24) is 0 Å². The molecule has 3 aromatic rings. The minimum atomic E-state index is -0.326. The smallest absolute Gasteiger partial charge is 0 e. The van der Waals surface area contributed by atoms with Gasteiger partial charge in [0.1, 0.15) is 0 Å². The molecule has 3 aromatic carbocycles. The molecule has 2 bridgehead atoms. The Morgan fingerprint density at radius 1 is 0.742 bits per heavy atom. The van der Waals surface area contributed by atoms with E-state index in [2.05, 4.69) is 76.2 Å². The zero-order chi connectivity index (χ0) is 21.8. The van der Waals surface area contributed by atoms with Crippen LogP contribution in [-0.2, 0) is 42.2 Å². The van der Waals surface area contributed by atoms with E-state index < -0.39 is 0 Å². The molecule has 3 nitrogen and oxygen atoms in total. The summed E-state index contributed by atoms with van der Waals surface area (Å²) in [6.07, 6.45) is 0. The SMILES string of the molecule is CC(C)c1ccccc1.CC(C)c1ccccc1.O=C=C1[C]2=c3c(=O)c3=C1[C](=O)[Cr]2.[Cr]. The zero-order valence-corrected chi connectivity index (χ0v) is 20.5. The van der Waals surface area contributed by atoms with E-state index in [9.17, 15) is 14.4 Å². The van der Waals surface area contributed by atoms with Crippen LogP contribution in [0.3, 0.4) is 0 Å². The van der Waals surface area contributed by atoms with Crippen LogP contribution in [0.25, 0.3) is 10.0 Å². The van der Waals surface area contributed by atoms with E-state index in [0.29, 0.717) is 37.9 Å². The van der Waals surface area contributed by atoms with Gasteiger partial charge in [0.2, 0.25) is 0 Å². The molecule has 0 N–H and O–H groups in total. The second-order valence-electron chi connectivity index (χ2n) is 7.78. The molecule has 1 heterocycles. The predicted octanol–water partition coefficient (Wildman–Crippen LogP) is 3.19. The molecule has 5 rings (SSSR count). The van der Waals surface area contributed by atoms with Gasteiger partial charge in [0.15, 0.2) is 0 Å². The first kappa shape index (κ1) is 25.0. The van der Waals surface area contributed by atoms with Crippen LogP contribution in [0.15, 0.2) is 71.0 Å². The summed E-state index contributed by atoms with van der Waals surface area (Å²) in [5.41, 5.74) is 3.52. The van der Waals surface area contributed by atoms with Crippen molar-refractivity contribution in [2.24, 2.45) is 0 Å². The van der Waals surface area contributed by atoms with Gasteiger partial charge in [0, 0.05) is 17.4 Å². The Balaban J connectivity index is 0.000000166. The molecule has 0 atom stereocenters. The number of carbonyl (C=O) groups excluding carboxylic acids is 2. The molecule has 0 unspecified atom stereocenters. The number of allylic oxidation sites excluding steroid dienone is 1. The molecular formula is C26H24Cr2O3. The molecule has 158 valence electrons. The first-order valence-electron chi connectivity index (χ1n) is 9.98. The molecule has 1 fully saturated rings. The van der Waals surface area contributed by atoms with E-state index in [4.69, 9.17) is 0 Å². The summed E-state index contributed by atoms with van der Waals surface area (Å²) in [6, 6.07) is 21.0. The number of hydrogen-bond acceptors (Lipinski definition) is 3. The monoisotopic (exact) mass is 488 g/mol. The van der Waals surface area contributed by atoms with Crippen LogP contribution in [0.2, 0.25) is 0 Å². The Labute approximate surface area is 199 Å². The third-order valence-electron chi connectivity index (χ3n) is 5.03. The Hall–Kier alpha value is -2.23.